The van der Waals surface area contributed by atoms with Crippen LogP contribution in [0.15, 0.2) is 71.7 Å². The Morgan fingerprint density at radius 2 is 1.93 bits per heavy atom. The van der Waals surface area contributed by atoms with E-state index in [4.69, 9.17) is 4.42 Å². The lowest BCUT2D eigenvalue weighted by molar-refractivity contribution is 0.0782. The number of carbonyl (C=O) groups is 1. The van der Waals surface area contributed by atoms with E-state index in [0.717, 1.165) is 16.8 Å². The Balaban J connectivity index is 1.74. The molecule has 0 atom stereocenters. The van der Waals surface area contributed by atoms with Crippen LogP contribution in [-0.4, -0.2) is 37.8 Å². The summed E-state index contributed by atoms with van der Waals surface area (Å²) in [6, 6.07) is 13.9. The molecule has 2 heterocycles. The van der Waals surface area contributed by atoms with E-state index in [1.807, 2.05) is 31.2 Å². The molecule has 2 N–H and O–H groups in total. The predicted octanol–water partition coefficient (Wildman–Crippen LogP) is 4.12. The minimum Gasteiger partial charge on any atom is -0.507 e. The van der Waals surface area contributed by atoms with Gasteiger partial charge in [-0.15, -0.1) is 0 Å². The summed E-state index contributed by atoms with van der Waals surface area (Å²) in [7, 11) is 1.64. The van der Waals surface area contributed by atoms with Crippen LogP contribution in [0.2, 0.25) is 0 Å². The van der Waals surface area contributed by atoms with Crippen LogP contribution in [0.4, 0.5) is 0 Å². The van der Waals surface area contributed by atoms with E-state index in [9.17, 15) is 15.0 Å². The van der Waals surface area contributed by atoms with Crippen molar-refractivity contribution >= 4 is 5.91 Å². The maximum Gasteiger partial charge on any atom is 0.257 e. The predicted molar refractivity (Wildman–Crippen MR) is 112 cm³/mol. The summed E-state index contributed by atoms with van der Waals surface area (Å²) in [5, 5.41) is 25.2. The van der Waals surface area contributed by atoms with Crippen molar-refractivity contribution in [3.8, 4) is 28.4 Å². The first-order chi connectivity index (χ1) is 14.5. The number of para-hydroxylation sites is 1. The highest BCUT2D eigenvalue weighted by molar-refractivity contribution is 5.98. The van der Waals surface area contributed by atoms with Gasteiger partial charge < -0.3 is 19.5 Å². The molecule has 0 radical (unpaired) electrons. The van der Waals surface area contributed by atoms with Crippen LogP contribution in [0.3, 0.4) is 0 Å². The molecule has 7 nitrogen and oxygen atoms in total. The third-order valence-corrected chi connectivity index (χ3v) is 4.95. The van der Waals surface area contributed by atoms with E-state index in [0.29, 0.717) is 17.8 Å². The minimum atomic E-state index is -0.378. The minimum absolute atomic E-state index is 0.0892. The summed E-state index contributed by atoms with van der Waals surface area (Å²) in [6.07, 6.45) is 4.73. The highest BCUT2D eigenvalue weighted by Crippen LogP contribution is 2.36. The Morgan fingerprint density at radius 1 is 1.13 bits per heavy atom. The molecule has 0 saturated carbocycles. The topological polar surface area (TPSA) is 91.7 Å². The van der Waals surface area contributed by atoms with Gasteiger partial charge in [-0.25, -0.2) is 4.68 Å². The summed E-state index contributed by atoms with van der Waals surface area (Å²) in [5.41, 5.74) is 3.79. The molecule has 4 aromatic rings. The van der Waals surface area contributed by atoms with Crippen LogP contribution in [-0.2, 0) is 6.54 Å². The van der Waals surface area contributed by atoms with E-state index in [-0.39, 0.29) is 23.0 Å². The maximum absolute atomic E-state index is 13.0. The zero-order valence-corrected chi connectivity index (χ0v) is 16.6. The normalized spacial score (nSPS) is 10.9. The number of nitrogens with zero attached hydrogens (tertiary/aromatic N) is 3. The van der Waals surface area contributed by atoms with Gasteiger partial charge in [-0.05, 0) is 36.8 Å². The third-order valence-electron chi connectivity index (χ3n) is 4.95. The number of hydrogen-bond donors (Lipinski definition) is 2. The molecule has 30 heavy (non-hydrogen) atoms. The first kappa shape index (κ1) is 19.3. The van der Waals surface area contributed by atoms with E-state index in [2.05, 4.69) is 5.10 Å². The fraction of sp³-hybridized carbons (Fsp3) is 0.130. The number of carbonyl (C=O) groups excluding carboxylic acids is 1. The van der Waals surface area contributed by atoms with Gasteiger partial charge in [0.15, 0.2) is 0 Å². The lowest BCUT2D eigenvalue weighted by Gasteiger charge is -2.18. The summed E-state index contributed by atoms with van der Waals surface area (Å²) < 4.78 is 6.74. The lowest BCUT2D eigenvalue weighted by Crippen LogP contribution is -2.26. The molecule has 152 valence electrons. The van der Waals surface area contributed by atoms with Gasteiger partial charge in [0.2, 0.25) is 0 Å². The monoisotopic (exact) mass is 403 g/mol. The second-order valence-corrected chi connectivity index (χ2v) is 7.09. The van der Waals surface area contributed by atoms with Gasteiger partial charge in [0, 0.05) is 30.8 Å². The smallest absolute Gasteiger partial charge is 0.257 e. The van der Waals surface area contributed by atoms with Crippen molar-refractivity contribution in [2.75, 3.05) is 7.05 Å². The quantitative estimate of drug-likeness (QED) is 0.523. The number of aryl methyl sites for hydroxylation is 1. The fourth-order valence-electron chi connectivity index (χ4n) is 3.39. The highest BCUT2D eigenvalue weighted by atomic mass is 16.3. The Labute approximate surface area is 173 Å². The number of amides is 1. The number of phenolic OH excluding ortho intramolecular Hbond substituents is 2. The molecule has 0 spiro atoms. The average molecular weight is 403 g/mol. The Hall–Kier alpha value is -4.00. The van der Waals surface area contributed by atoms with Crippen molar-refractivity contribution in [1.82, 2.24) is 14.7 Å². The first-order valence-corrected chi connectivity index (χ1v) is 9.38. The van der Waals surface area contributed by atoms with Gasteiger partial charge in [0.1, 0.15) is 11.5 Å². The second kappa shape index (κ2) is 7.79. The number of rotatable bonds is 5. The van der Waals surface area contributed by atoms with Crippen molar-refractivity contribution < 1.29 is 19.4 Å². The molecule has 2 aromatic carbocycles. The average Bonchev–Trinajstić information content (AvgIpc) is 3.40. The molecular weight excluding hydrogens is 382 g/mol. The van der Waals surface area contributed by atoms with Crippen LogP contribution < -0.4 is 0 Å². The van der Waals surface area contributed by atoms with E-state index >= 15 is 0 Å². The largest absolute Gasteiger partial charge is 0.507 e. The molecule has 7 heteroatoms. The number of benzene rings is 2. The summed E-state index contributed by atoms with van der Waals surface area (Å²) >= 11 is 0. The zero-order chi connectivity index (χ0) is 21.3. The van der Waals surface area contributed by atoms with Crippen molar-refractivity contribution in [3.63, 3.8) is 0 Å². The standard InChI is InChI=1S/C23H21N3O4/c1-15-5-3-4-6-19(15)26-20(7-9-24-26)17-11-18(22(28)12-21(17)27)23(29)25(2)13-16-8-10-30-14-16/h3-12,14,27-28H,13H2,1-2H3. The second-order valence-electron chi connectivity index (χ2n) is 7.09. The van der Waals surface area contributed by atoms with Crippen molar-refractivity contribution in [2.24, 2.45) is 0 Å². The van der Waals surface area contributed by atoms with Gasteiger partial charge >= 0.3 is 0 Å². The van der Waals surface area contributed by atoms with Crippen LogP contribution in [0.5, 0.6) is 11.5 Å². The van der Waals surface area contributed by atoms with Crippen molar-refractivity contribution in [2.45, 2.75) is 13.5 Å². The molecule has 0 unspecified atom stereocenters. The van der Waals surface area contributed by atoms with E-state index in [1.54, 1.807) is 36.3 Å². The lowest BCUT2D eigenvalue weighted by atomic mass is 10.0. The van der Waals surface area contributed by atoms with Crippen LogP contribution in [0, 0.1) is 6.92 Å². The summed E-state index contributed by atoms with van der Waals surface area (Å²) in [6.45, 7) is 2.30. The highest BCUT2D eigenvalue weighted by Gasteiger charge is 2.21. The van der Waals surface area contributed by atoms with E-state index in [1.165, 1.54) is 23.3 Å². The molecule has 2 aromatic heterocycles. The molecule has 4 rings (SSSR count). The first-order valence-electron chi connectivity index (χ1n) is 9.38. The molecule has 0 aliphatic heterocycles. The zero-order valence-electron chi connectivity index (χ0n) is 16.6. The molecule has 0 aliphatic rings. The van der Waals surface area contributed by atoms with E-state index < -0.39 is 0 Å². The number of aromatic hydroxyl groups is 2. The van der Waals surface area contributed by atoms with Gasteiger partial charge in [-0.2, -0.15) is 5.10 Å². The summed E-state index contributed by atoms with van der Waals surface area (Å²) in [4.78, 5) is 14.4. The Kier molecular flexibility index (Phi) is 5.02. The van der Waals surface area contributed by atoms with Gasteiger partial charge in [0.05, 0.1) is 35.7 Å². The fourth-order valence-corrected chi connectivity index (χ4v) is 3.39. The third kappa shape index (κ3) is 3.53. The molecule has 0 bridgehead atoms. The molecule has 0 saturated heterocycles. The van der Waals surface area contributed by atoms with Gasteiger partial charge in [-0.3, -0.25) is 4.79 Å². The van der Waals surface area contributed by atoms with Crippen LogP contribution in [0.25, 0.3) is 16.9 Å². The molecular formula is C23H21N3O4. The number of phenols is 2. The van der Waals surface area contributed by atoms with Gasteiger partial charge in [0.25, 0.3) is 5.91 Å². The number of furan rings is 1. The summed E-state index contributed by atoms with van der Waals surface area (Å²) in [5.74, 6) is -0.809. The number of hydrogen-bond acceptors (Lipinski definition) is 5. The van der Waals surface area contributed by atoms with Crippen molar-refractivity contribution in [1.29, 1.82) is 0 Å². The Morgan fingerprint density at radius 3 is 2.67 bits per heavy atom. The Bertz CT molecular complexity index is 1200. The maximum atomic E-state index is 13.0. The van der Waals surface area contributed by atoms with Crippen LogP contribution in [0.1, 0.15) is 21.5 Å². The number of aromatic nitrogens is 2. The van der Waals surface area contributed by atoms with Crippen LogP contribution >= 0.6 is 0 Å². The molecule has 0 fully saturated rings. The molecule has 1 amide bonds. The SMILES string of the molecule is Cc1ccccc1-n1nccc1-c1cc(C(=O)N(C)Cc2ccoc2)c(O)cc1O. The van der Waals surface area contributed by atoms with Gasteiger partial charge in [-0.1, -0.05) is 18.2 Å². The van der Waals surface area contributed by atoms with Crippen molar-refractivity contribution in [3.05, 3.63) is 83.9 Å². The molecule has 0 aliphatic carbocycles.